The van der Waals surface area contributed by atoms with Gasteiger partial charge in [-0.15, -0.1) is 0 Å². The molecule has 17 heavy (non-hydrogen) atoms. The van der Waals surface area contributed by atoms with Crippen LogP contribution >= 0.6 is 0 Å². The first-order valence-electron chi connectivity index (χ1n) is 6.09. The molecule has 1 rings (SSSR count). The van der Waals surface area contributed by atoms with Crippen molar-refractivity contribution >= 4 is 5.78 Å². The van der Waals surface area contributed by atoms with Crippen molar-refractivity contribution in [2.75, 3.05) is 6.61 Å². The van der Waals surface area contributed by atoms with Crippen LogP contribution in [0.1, 0.15) is 32.2 Å². The van der Waals surface area contributed by atoms with Gasteiger partial charge in [0, 0.05) is 19.3 Å². The molecule has 0 bridgehead atoms. The van der Waals surface area contributed by atoms with Crippen molar-refractivity contribution < 1.29 is 9.53 Å². The SMILES string of the molecule is CCOC(C(=O)Cc1cc(C)nn1C)C(C)C. The Bertz CT molecular complexity index is 383. The summed E-state index contributed by atoms with van der Waals surface area (Å²) in [5.41, 5.74) is 1.88. The highest BCUT2D eigenvalue weighted by atomic mass is 16.5. The lowest BCUT2D eigenvalue weighted by atomic mass is 9.99. The maximum Gasteiger partial charge on any atom is 0.167 e. The molecule has 0 radical (unpaired) electrons. The average Bonchev–Trinajstić information content (AvgIpc) is 2.53. The normalized spacial score (nSPS) is 13.1. The van der Waals surface area contributed by atoms with Crippen molar-refractivity contribution in [1.82, 2.24) is 9.78 Å². The lowest BCUT2D eigenvalue weighted by Gasteiger charge is -2.19. The van der Waals surface area contributed by atoms with E-state index in [0.29, 0.717) is 13.0 Å². The van der Waals surface area contributed by atoms with Crippen LogP contribution in [0, 0.1) is 12.8 Å². The molecule has 0 spiro atoms. The van der Waals surface area contributed by atoms with Gasteiger partial charge in [-0.3, -0.25) is 9.48 Å². The van der Waals surface area contributed by atoms with Crippen LogP contribution in [-0.4, -0.2) is 28.3 Å². The monoisotopic (exact) mass is 238 g/mol. The molecule has 0 N–H and O–H groups in total. The number of aryl methyl sites for hydroxylation is 2. The van der Waals surface area contributed by atoms with E-state index in [4.69, 9.17) is 4.74 Å². The number of ketones is 1. The molecule has 0 amide bonds. The van der Waals surface area contributed by atoms with E-state index < -0.39 is 0 Å². The summed E-state index contributed by atoms with van der Waals surface area (Å²) in [4.78, 5) is 12.1. The molecular weight excluding hydrogens is 216 g/mol. The fourth-order valence-electron chi connectivity index (χ4n) is 1.95. The highest BCUT2D eigenvalue weighted by Gasteiger charge is 2.23. The van der Waals surface area contributed by atoms with E-state index in [-0.39, 0.29) is 17.8 Å². The van der Waals surface area contributed by atoms with Gasteiger partial charge >= 0.3 is 0 Å². The number of nitrogens with zero attached hydrogens (tertiary/aromatic N) is 2. The molecule has 0 fully saturated rings. The third-order valence-electron chi connectivity index (χ3n) is 2.72. The average molecular weight is 238 g/mol. The van der Waals surface area contributed by atoms with Crippen molar-refractivity contribution in [3.8, 4) is 0 Å². The van der Waals surface area contributed by atoms with Crippen molar-refractivity contribution in [3.05, 3.63) is 17.5 Å². The van der Waals surface area contributed by atoms with Crippen LogP contribution in [0.2, 0.25) is 0 Å². The van der Waals surface area contributed by atoms with Crippen molar-refractivity contribution in [1.29, 1.82) is 0 Å². The van der Waals surface area contributed by atoms with E-state index in [2.05, 4.69) is 5.10 Å². The van der Waals surface area contributed by atoms with Gasteiger partial charge in [-0.25, -0.2) is 0 Å². The summed E-state index contributed by atoms with van der Waals surface area (Å²) in [7, 11) is 1.86. The number of Topliss-reactive ketones (excluding diaryl/α,β-unsaturated/α-hetero) is 1. The first kappa shape index (κ1) is 13.9. The molecule has 0 aromatic carbocycles. The minimum Gasteiger partial charge on any atom is -0.370 e. The minimum absolute atomic E-state index is 0.129. The molecule has 0 aliphatic carbocycles. The number of carbonyl (C=O) groups is 1. The zero-order chi connectivity index (χ0) is 13.0. The number of rotatable bonds is 6. The number of carbonyl (C=O) groups excluding carboxylic acids is 1. The zero-order valence-corrected chi connectivity index (χ0v) is 11.4. The number of hydrogen-bond acceptors (Lipinski definition) is 3. The second kappa shape index (κ2) is 5.96. The fraction of sp³-hybridized carbons (Fsp3) is 0.692. The van der Waals surface area contributed by atoms with Crippen molar-refractivity contribution in [2.45, 2.75) is 40.2 Å². The molecule has 4 heteroatoms. The van der Waals surface area contributed by atoms with Gasteiger partial charge in [0.05, 0.1) is 12.1 Å². The Hall–Kier alpha value is -1.16. The van der Waals surface area contributed by atoms with E-state index in [1.165, 1.54) is 0 Å². The molecular formula is C13H22N2O2. The van der Waals surface area contributed by atoms with Gasteiger partial charge in [0.1, 0.15) is 6.10 Å². The van der Waals surface area contributed by atoms with Crippen LogP contribution in [-0.2, 0) is 23.0 Å². The van der Waals surface area contributed by atoms with E-state index in [1.807, 2.05) is 40.8 Å². The third-order valence-corrected chi connectivity index (χ3v) is 2.72. The maximum atomic E-state index is 12.1. The highest BCUT2D eigenvalue weighted by Crippen LogP contribution is 2.12. The Morgan fingerprint density at radius 1 is 1.53 bits per heavy atom. The van der Waals surface area contributed by atoms with E-state index in [9.17, 15) is 4.79 Å². The summed E-state index contributed by atoms with van der Waals surface area (Å²) in [6.45, 7) is 8.42. The summed E-state index contributed by atoms with van der Waals surface area (Å²) in [5.74, 6) is 0.335. The van der Waals surface area contributed by atoms with E-state index in [1.54, 1.807) is 4.68 Å². The van der Waals surface area contributed by atoms with Crippen LogP contribution in [0.25, 0.3) is 0 Å². The van der Waals surface area contributed by atoms with Crippen LogP contribution in [0.4, 0.5) is 0 Å². The minimum atomic E-state index is -0.310. The Kier molecular flexibility index (Phi) is 4.87. The van der Waals surface area contributed by atoms with Crippen LogP contribution < -0.4 is 0 Å². The predicted octanol–water partition coefficient (Wildman–Crippen LogP) is 1.90. The van der Waals surface area contributed by atoms with Crippen LogP contribution in [0.3, 0.4) is 0 Å². The van der Waals surface area contributed by atoms with E-state index in [0.717, 1.165) is 11.4 Å². The Morgan fingerprint density at radius 2 is 2.18 bits per heavy atom. The smallest absolute Gasteiger partial charge is 0.167 e. The van der Waals surface area contributed by atoms with Crippen LogP contribution in [0.5, 0.6) is 0 Å². The number of aromatic nitrogens is 2. The Labute approximate surface area is 103 Å². The first-order chi connectivity index (χ1) is 7.95. The van der Waals surface area contributed by atoms with E-state index >= 15 is 0 Å². The van der Waals surface area contributed by atoms with Gasteiger partial charge in [0.15, 0.2) is 5.78 Å². The quantitative estimate of drug-likeness (QED) is 0.760. The summed E-state index contributed by atoms with van der Waals surface area (Å²) in [6.07, 6.45) is 0.0791. The first-order valence-corrected chi connectivity index (χ1v) is 6.09. The highest BCUT2D eigenvalue weighted by molar-refractivity contribution is 5.85. The van der Waals surface area contributed by atoms with Gasteiger partial charge in [-0.1, -0.05) is 13.8 Å². The largest absolute Gasteiger partial charge is 0.370 e. The van der Waals surface area contributed by atoms with Crippen molar-refractivity contribution in [3.63, 3.8) is 0 Å². The molecule has 1 aromatic heterocycles. The molecule has 1 atom stereocenters. The second-order valence-corrected chi connectivity index (χ2v) is 4.66. The van der Waals surface area contributed by atoms with Gasteiger partial charge < -0.3 is 4.74 Å². The standard InChI is InChI=1S/C13H22N2O2/c1-6-17-13(9(2)3)12(16)8-11-7-10(4)14-15(11)5/h7,9,13H,6,8H2,1-5H3. The van der Waals surface area contributed by atoms with Gasteiger partial charge in [-0.2, -0.15) is 5.10 Å². The van der Waals surface area contributed by atoms with Gasteiger partial charge in [0.25, 0.3) is 0 Å². The molecule has 96 valence electrons. The molecule has 0 saturated heterocycles. The fourth-order valence-corrected chi connectivity index (χ4v) is 1.95. The van der Waals surface area contributed by atoms with Crippen LogP contribution in [0.15, 0.2) is 6.07 Å². The lowest BCUT2D eigenvalue weighted by molar-refractivity contribution is -0.132. The molecule has 0 aliphatic rings. The zero-order valence-electron chi connectivity index (χ0n) is 11.4. The van der Waals surface area contributed by atoms with Gasteiger partial charge in [0.2, 0.25) is 0 Å². The molecule has 4 nitrogen and oxygen atoms in total. The lowest BCUT2D eigenvalue weighted by Crippen LogP contribution is -2.31. The predicted molar refractivity (Wildman–Crippen MR) is 66.9 cm³/mol. The topological polar surface area (TPSA) is 44.1 Å². The number of hydrogen-bond donors (Lipinski definition) is 0. The number of ether oxygens (including phenoxy) is 1. The summed E-state index contributed by atoms with van der Waals surface area (Å²) < 4.78 is 7.27. The Morgan fingerprint density at radius 3 is 2.59 bits per heavy atom. The molecule has 0 aliphatic heterocycles. The second-order valence-electron chi connectivity index (χ2n) is 4.66. The molecule has 1 heterocycles. The van der Waals surface area contributed by atoms with Gasteiger partial charge in [-0.05, 0) is 25.8 Å². The molecule has 0 saturated carbocycles. The summed E-state index contributed by atoms with van der Waals surface area (Å²) in [6, 6.07) is 1.95. The summed E-state index contributed by atoms with van der Waals surface area (Å²) >= 11 is 0. The molecule has 1 unspecified atom stereocenters. The third kappa shape index (κ3) is 3.66. The summed E-state index contributed by atoms with van der Waals surface area (Å²) in [5, 5.41) is 4.24. The Balaban J connectivity index is 2.73. The maximum absolute atomic E-state index is 12.1. The molecule has 1 aromatic rings. The van der Waals surface area contributed by atoms with Crippen molar-refractivity contribution in [2.24, 2.45) is 13.0 Å².